The molecule has 0 saturated heterocycles. The Morgan fingerprint density at radius 2 is 1.90 bits per heavy atom. The van der Waals surface area contributed by atoms with Crippen LogP contribution in [0, 0.1) is 0 Å². The SMILES string of the molecule is O=C(O)C1(c2ccc(-n3cc(Br)cn3)cc2)CCCC1. The summed E-state index contributed by atoms with van der Waals surface area (Å²) in [7, 11) is 0. The molecular weight excluding hydrogens is 320 g/mol. The lowest BCUT2D eigenvalue weighted by molar-refractivity contribution is -0.143. The molecule has 0 atom stereocenters. The van der Waals surface area contributed by atoms with E-state index in [4.69, 9.17) is 0 Å². The molecule has 1 fully saturated rings. The van der Waals surface area contributed by atoms with Crippen molar-refractivity contribution in [3.8, 4) is 5.69 Å². The van der Waals surface area contributed by atoms with Crippen LogP contribution in [0.15, 0.2) is 41.1 Å². The van der Waals surface area contributed by atoms with E-state index in [1.54, 1.807) is 10.9 Å². The molecule has 0 unspecified atom stereocenters. The van der Waals surface area contributed by atoms with Crippen LogP contribution in [0.5, 0.6) is 0 Å². The van der Waals surface area contributed by atoms with E-state index in [9.17, 15) is 9.90 Å². The Morgan fingerprint density at radius 3 is 2.40 bits per heavy atom. The number of halogens is 1. The van der Waals surface area contributed by atoms with Gasteiger partial charge in [0, 0.05) is 6.20 Å². The minimum absolute atomic E-state index is 0.691. The van der Waals surface area contributed by atoms with Crippen molar-refractivity contribution in [2.75, 3.05) is 0 Å². The van der Waals surface area contributed by atoms with Gasteiger partial charge < -0.3 is 5.11 Å². The van der Waals surface area contributed by atoms with Crippen molar-refractivity contribution in [2.24, 2.45) is 0 Å². The summed E-state index contributed by atoms with van der Waals surface area (Å²) in [6.07, 6.45) is 7.03. The molecule has 1 aliphatic rings. The maximum absolute atomic E-state index is 11.7. The molecule has 104 valence electrons. The quantitative estimate of drug-likeness (QED) is 0.934. The van der Waals surface area contributed by atoms with Crippen LogP contribution in [0.1, 0.15) is 31.2 Å². The molecule has 1 aliphatic carbocycles. The molecule has 5 heteroatoms. The Kier molecular flexibility index (Phi) is 3.38. The van der Waals surface area contributed by atoms with E-state index >= 15 is 0 Å². The maximum Gasteiger partial charge on any atom is 0.314 e. The number of aromatic nitrogens is 2. The molecule has 1 heterocycles. The predicted molar refractivity (Wildman–Crippen MR) is 79.0 cm³/mol. The normalized spacial score (nSPS) is 17.2. The van der Waals surface area contributed by atoms with Gasteiger partial charge in [-0.15, -0.1) is 0 Å². The average Bonchev–Trinajstić information content (AvgIpc) is 3.08. The number of rotatable bonds is 3. The second-order valence-corrected chi connectivity index (χ2v) is 6.16. The Bertz CT molecular complexity index is 628. The molecule has 20 heavy (non-hydrogen) atoms. The second-order valence-electron chi connectivity index (χ2n) is 5.24. The summed E-state index contributed by atoms with van der Waals surface area (Å²) in [5.74, 6) is -0.704. The molecule has 0 spiro atoms. The van der Waals surface area contributed by atoms with Crippen molar-refractivity contribution in [1.29, 1.82) is 0 Å². The highest BCUT2D eigenvalue weighted by atomic mass is 79.9. The first-order valence-electron chi connectivity index (χ1n) is 6.66. The molecule has 1 N–H and O–H groups in total. The average molecular weight is 335 g/mol. The van der Waals surface area contributed by atoms with Crippen LogP contribution in [0.2, 0.25) is 0 Å². The zero-order valence-corrected chi connectivity index (χ0v) is 12.5. The van der Waals surface area contributed by atoms with Crippen molar-refractivity contribution < 1.29 is 9.90 Å². The van der Waals surface area contributed by atoms with Gasteiger partial charge in [0.15, 0.2) is 0 Å². The number of nitrogens with zero attached hydrogens (tertiary/aromatic N) is 2. The summed E-state index contributed by atoms with van der Waals surface area (Å²) < 4.78 is 2.68. The lowest BCUT2D eigenvalue weighted by Crippen LogP contribution is -2.32. The van der Waals surface area contributed by atoms with Gasteiger partial charge >= 0.3 is 5.97 Å². The summed E-state index contributed by atoms with van der Waals surface area (Å²) >= 11 is 3.36. The summed E-state index contributed by atoms with van der Waals surface area (Å²) in [6, 6.07) is 7.70. The van der Waals surface area contributed by atoms with Gasteiger partial charge in [-0.05, 0) is 46.5 Å². The van der Waals surface area contributed by atoms with Crippen molar-refractivity contribution in [3.05, 3.63) is 46.7 Å². The second kappa shape index (κ2) is 5.05. The maximum atomic E-state index is 11.7. The third-order valence-electron chi connectivity index (χ3n) is 4.10. The first-order chi connectivity index (χ1) is 9.62. The van der Waals surface area contributed by atoms with E-state index < -0.39 is 11.4 Å². The summed E-state index contributed by atoms with van der Waals surface area (Å²) in [6.45, 7) is 0. The van der Waals surface area contributed by atoms with E-state index in [1.165, 1.54) is 0 Å². The van der Waals surface area contributed by atoms with Crippen molar-refractivity contribution >= 4 is 21.9 Å². The fourth-order valence-corrected chi connectivity index (χ4v) is 3.27. The molecular formula is C15H15BrN2O2. The first kappa shape index (κ1) is 13.4. The zero-order valence-electron chi connectivity index (χ0n) is 10.9. The number of carboxylic acid groups (broad SMARTS) is 1. The topological polar surface area (TPSA) is 55.1 Å². The van der Waals surface area contributed by atoms with Gasteiger partial charge in [-0.25, -0.2) is 4.68 Å². The highest BCUT2D eigenvalue weighted by molar-refractivity contribution is 9.10. The minimum atomic E-state index is -0.704. The molecule has 1 aromatic heterocycles. The van der Waals surface area contributed by atoms with Crippen molar-refractivity contribution in [2.45, 2.75) is 31.1 Å². The van der Waals surface area contributed by atoms with Crippen LogP contribution >= 0.6 is 15.9 Å². The molecule has 0 amide bonds. The van der Waals surface area contributed by atoms with Gasteiger partial charge in [0.1, 0.15) is 0 Å². The summed E-state index contributed by atoms with van der Waals surface area (Å²) in [5, 5.41) is 13.8. The molecule has 0 aliphatic heterocycles. The number of benzene rings is 1. The molecule has 2 aromatic rings. The van der Waals surface area contributed by atoms with Crippen LogP contribution in [0.25, 0.3) is 5.69 Å². The Morgan fingerprint density at radius 1 is 1.25 bits per heavy atom. The van der Waals surface area contributed by atoms with E-state index in [0.717, 1.165) is 41.4 Å². The minimum Gasteiger partial charge on any atom is -0.481 e. The summed E-state index contributed by atoms with van der Waals surface area (Å²) in [4.78, 5) is 11.7. The predicted octanol–water partition coefficient (Wildman–Crippen LogP) is 3.53. The molecule has 3 rings (SSSR count). The standard InChI is InChI=1S/C15H15BrN2O2/c16-12-9-17-18(10-12)13-5-3-11(4-6-13)15(14(19)20)7-1-2-8-15/h3-6,9-10H,1-2,7-8H2,(H,19,20). The van der Waals surface area contributed by atoms with Crippen molar-refractivity contribution in [3.63, 3.8) is 0 Å². The number of carboxylic acids is 1. The van der Waals surface area contributed by atoms with Gasteiger partial charge in [0.25, 0.3) is 0 Å². The Hall–Kier alpha value is -1.62. The van der Waals surface area contributed by atoms with Crippen LogP contribution in [0.3, 0.4) is 0 Å². The smallest absolute Gasteiger partial charge is 0.314 e. The van der Waals surface area contributed by atoms with Crippen LogP contribution < -0.4 is 0 Å². The van der Waals surface area contributed by atoms with Gasteiger partial charge in [0.2, 0.25) is 0 Å². The molecule has 0 radical (unpaired) electrons. The highest BCUT2D eigenvalue weighted by Gasteiger charge is 2.42. The Balaban J connectivity index is 1.95. The third-order valence-corrected chi connectivity index (χ3v) is 4.51. The van der Waals surface area contributed by atoms with E-state index in [1.807, 2.05) is 30.5 Å². The monoisotopic (exact) mass is 334 g/mol. The molecule has 4 nitrogen and oxygen atoms in total. The molecule has 0 bridgehead atoms. The van der Waals surface area contributed by atoms with Crippen LogP contribution in [0.4, 0.5) is 0 Å². The fraction of sp³-hybridized carbons (Fsp3) is 0.333. The number of aliphatic carboxylic acids is 1. The Labute approximate surface area is 125 Å². The van der Waals surface area contributed by atoms with Gasteiger partial charge in [-0.2, -0.15) is 5.10 Å². The van der Waals surface area contributed by atoms with E-state index in [2.05, 4.69) is 21.0 Å². The van der Waals surface area contributed by atoms with E-state index in [0.29, 0.717) is 0 Å². The van der Waals surface area contributed by atoms with Crippen LogP contribution in [-0.4, -0.2) is 20.9 Å². The zero-order chi connectivity index (χ0) is 14.2. The van der Waals surface area contributed by atoms with Gasteiger partial charge in [-0.1, -0.05) is 25.0 Å². The molecule has 1 saturated carbocycles. The fourth-order valence-electron chi connectivity index (χ4n) is 2.98. The number of hydrogen-bond donors (Lipinski definition) is 1. The van der Waals surface area contributed by atoms with Crippen molar-refractivity contribution in [1.82, 2.24) is 9.78 Å². The third kappa shape index (κ3) is 2.16. The number of hydrogen-bond acceptors (Lipinski definition) is 2. The lowest BCUT2D eigenvalue weighted by Gasteiger charge is -2.24. The summed E-state index contributed by atoms with van der Waals surface area (Å²) in [5.41, 5.74) is 1.14. The van der Waals surface area contributed by atoms with Crippen LogP contribution in [-0.2, 0) is 10.2 Å². The number of carbonyl (C=O) groups is 1. The highest BCUT2D eigenvalue weighted by Crippen LogP contribution is 2.41. The van der Waals surface area contributed by atoms with Gasteiger partial charge in [0.05, 0.1) is 21.8 Å². The van der Waals surface area contributed by atoms with E-state index in [-0.39, 0.29) is 0 Å². The van der Waals surface area contributed by atoms with Gasteiger partial charge in [-0.3, -0.25) is 4.79 Å². The molecule has 1 aromatic carbocycles. The lowest BCUT2D eigenvalue weighted by atomic mass is 9.79. The first-order valence-corrected chi connectivity index (χ1v) is 7.46. The largest absolute Gasteiger partial charge is 0.481 e.